The van der Waals surface area contributed by atoms with Gasteiger partial charge < -0.3 is 9.47 Å². The summed E-state index contributed by atoms with van der Waals surface area (Å²) >= 11 is 0. The molecule has 0 amide bonds. The molecule has 0 N–H and O–H groups in total. The van der Waals surface area contributed by atoms with E-state index in [1.807, 2.05) is 0 Å². The molecule has 0 atom stereocenters. The van der Waals surface area contributed by atoms with Crippen molar-refractivity contribution >= 4 is 16.7 Å². The zero-order valence-electron chi connectivity index (χ0n) is 17.5. The van der Waals surface area contributed by atoms with Gasteiger partial charge in [0, 0.05) is 35.9 Å². The van der Waals surface area contributed by atoms with E-state index in [0.717, 1.165) is 25.2 Å². The van der Waals surface area contributed by atoms with Crippen molar-refractivity contribution in [3.05, 3.63) is 58.4 Å². The Labute approximate surface area is 168 Å². The molecule has 146 valence electrons. The van der Waals surface area contributed by atoms with Crippen LogP contribution >= 0.6 is 0 Å². The quantitative estimate of drug-likeness (QED) is 0.547. The van der Waals surface area contributed by atoms with Crippen LogP contribution in [0.2, 0.25) is 0 Å². The van der Waals surface area contributed by atoms with Crippen LogP contribution in [-0.2, 0) is 13.0 Å². The van der Waals surface area contributed by atoms with Gasteiger partial charge >= 0.3 is 0 Å². The Hall–Kier alpha value is -2.29. The molecular weight excluding hydrogens is 342 g/mol. The normalized spacial score (nSPS) is 17.9. The van der Waals surface area contributed by atoms with E-state index in [-0.39, 0.29) is 0 Å². The Morgan fingerprint density at radius 2 is 1.71 bits per heavy atom. The molecule has 0 spiro atoms. The van der Waals surface area contributed by atoms with Gasteiger partial charge in [0.05, 0.1) is 5.52 Å². The van der Waals surface area contributed by atoms with Gasteiger partial charge in [0.25, 0.3) is 0 Å². The SMILES string of the molecule is Cc1cc2c(c(N3CCc4ccccc4C3)n1)c(C)c(C)n2C1CCCCC1. The van der Waals surface area contributed by atoms with Crippen LogP contribution in [-0.4, -0.2) is 16.1 Å². The first-order valence-corrected chi connectivity index (χ1v) is 10.9. The van der Waals surface area contributed by atoms with Gasteiger partial charge in [-0.15, -0.1) is 0 Å². The van der Waals surface area contributed by atoms with Crippen molar-refractivity contribution < 1.29 is 0 Å². The van der Waals surface area contributed by atoms with Crippen LogP contribution in [0.1, 0.15) is 66.2 Å². The average Bonchev–Trinajstić information content (AvgIpc) is 2.97. The first kappa shape index (κ1) is 17.8. The lowest BCUT2D eigenvalue weighted by Crippen LogP contribution is -2.31. The Bertz CT molecular complexity index is 1020. The number of aryl methyl sites for hydroxylation is 2. The molecule has 0 radical (unpaired) electrons. The standard InChI is InChI=1S/C25H31N3/c1-17-15-23-24(18(2)19(3)28(23)22-11-5-4-6-12-22)25(26-17)27-14-13-20-9-7-8-10-21(20)16-27/h7-10,15,22H,4-6,11-14,16H2,1-3H3. The fraction of sp³-hybridized carbons (Fsp3) is 0.480. The summed E-state index contributed by atoms with van der Waals surface area (Å²) in [6.45, 7) is 8.79. The maximum absolute atomic E-state index is 5.07. The van der Waals surface area contributed by atoms with E-state index in [1.165, 1.54) is 71.2 Å². The Morgan fingerprint density at radius 1 is 0.964 bits per heavy atom. The van der Waals surface area contributed by atoms with E-state index < -0.39 is 0 Å². The predicted octanol–water partition coefficient (Wildman–Crippen LogP) is 6.03. The molecular formula is C25H31N3. The molecule has 3 nitrogen and oxygen atoms in total. The van der Waals surface area contributed by atoms with E-state index in [2.05, 4.69) is 60.6 Å². The largest absolute Gasteiger partial charge is 0.351 e. The summed E-state index contributed by atoms with van der Waals surface area (Å²) in [5.74, 6) is 1.19. The highest BCUT2D eigenvalue weighted by molar-refractivity contribution is 5.95. The molecule has 1 aromatic carbocycles. The lowest BCUT2D eigenvalue weighted by molar-refractivity contribution is 0.356. The molecule has 2 aliphatic rings. The van der Waals surface area contributed by atoms with Crippen LogP contribution in [0.25, 0.3) is 10.9 Å². The molecule has 1 saturated carbocycles. The molecule has 2 aromatic heterocycles. The topological polar surface area (TPSA) is 21.1 Å². The van der Waals surface area contributed by atoms with E-state index in [1.54, 1.807) is 0 Å². The van der Waals surface area contributed by atoms with Crippen LogP contribution in [0, 0.1) is 20.8 Å². The average molecular weight is 374 g/mol. The van der Waals surface area contributed by atoms with Gasteiger partial charge in [0.1, 0.15) is 5.82 Å². The smallest absolute Gasteiger partial charge is 0.138 e. The molecule has 0 saturated heterocycles. The molecule has 1 aliphatic carbocycles. The minimum Gasteiger partial charge on any atom is -0.351 e. The third kappa shape index (κ3) is 2.83. The van der Waals surface area contributed by atoms with Crippen LogP contribution in [0.5, 0.6) is 0 Å². The number of pyridine rings is 1. The summed E-state index contributed by atoms with van der Waals surface area (Å²) in [6, 6.07) is 11.9. The van der Waals surface area contributed by atoms with E-state index in [4.69, 9.17) is 4.98 Å². The van der Waals surface area contributed by atoms with Crippen molar-refractivity contribution in [1.82, 2.24) is 9.55 Å². The van der Waals surface area contributed by atoms with Gasteiger partial charge in [-0.05, 0) is 62.8 Å². The summed E-state index contributed by atoms with van der Waals surface area (Å²) in [6.07, 6.45) is 7.86. The number of anilines is 1. The maximum Gasteiger partial charge on any atom is 0.138 e. The highest BCUT2D eigenvalue weighted by Crippen LogP contribution is 2.39. The van der Waals surface area contributed by atoms with E-state index in [9.17, 15) is 0 Å². The number of fused-ring (bicyclic) bond motifs is 2. The third-order valence-corrected chi connectivity index (χ3v) is 7.02. The van der Waals surface area contributed by atoms with Gasteiger partial charge in [0.15, 0.2) is 0 Å². The second-order valence-electron chi connectivity index (χ2n) is 8.79. The van der Waals surface area contributed by atoms with Crippen molar-refractivity contribution in [2.45, 2.75) is 71.9 Å². The van der Waals surface area contributed by atoms with Crippen molar-refractivity contribution in [2.24, 2.45) is 0 Å². The summed E-state index contributed by atoms with van der Waals surface area (Å²) in [4.78, 5) is 7.58. The Balaban J connectivity index is 1.64. The Kier molecular flexibility index (Phi) is 4.41. The van der Waals surface area contributed by atoms with E-state index >= 15 is 0 Å². The molecule has 0 unspecified atom stereocenters. The summed E-state index contributed by atoms with van der Waals surface area (Å²) in [5, 5.41) is 1.38. The molecule has 1 aliphatic heterocycles. The number of hydrogen-bond acceptors (Lipinski definition) is 2. The number of benzene rings is 1. The van der Waals surface area contributed by atoms with Gasteiger partial charge in [-0.1, -0.05) is 43.5 Å². The van der Waals surface area contributed by atoms with Crippen molar-refractivity contribution in [2.75, 3.05) is 11.4 Å². The lowest BCUT2D eigenvalue weighted by Gasteiger charge is -2.31. The van der Waals surface area contributed by atoms with Crippen LogP contribution in [0.4, 0.5) is 5.82 Å². The monoisotopic (exact) mass is 373 g/mol. The summed E-state index contributed by atoms with van der Waals surface area (Å²) in [5.41, 5.74) is 8.34. The second-order valence-corrected chi connectivity index (χ2v) is 8.79. The molecule has 3 heteroatoms. The first-order valence-electron chi connectivity index (χ1n) is 10.9. The van der Waals surface area contributed by atoms with Crippen LogP contribution in [0.3, 0.4) is 0 Å². The van der Waals surface area contributed by atoms with Gasteiger partial charge in [0.2, 0.25) is 0 Å². The number of aromatic nitrogens is 2. The molecule has 3 heterocycles. The van der Waals surface area contributed by atoms with Crippen molar-refractivity contribution in [3.8, 4) is 0 Å². The highest BCUT2D eigenvalue weighted by atomic mass is 15.2. The number of rotatable bonds is 2. The molecule has 28 heavy (non-hydrogen) atoms. The van der Waals surface area contributed by atoms with E-state index in [0.29, 0.717) is 6.04 Å². The number of hydrogen-bond donors (Lipinski definition) is 0. The zero-order chi connectivity index (χ0) is 19.3. The van der Waals surface area contributed by atoms with Crippen molar-refractivity contribution in [1.29, 1.82) is 0 Å². The summed E-state index contributed by atoms with van der Waals surface area (Å²) < 4.78 is 2.65. The van der Waals surface area contributed by atoms with Gasteiger partial charge in [-0.25, -0.2) is 4.98 Å². The minimum atomic E-state index is 0.654. The summed E-state index contributed by atoms with van der Waals surface area (Å²) in [7, 11) is 0. The Morgan fingerprint density at radius 3 is 2.50 bits per heavy atom. The minimum absolute atomic E-state index is 0.654. The van der Waals surface area contributed by atoms with Crippen molar-refractivity contribution in [3.63, 3.8) is 0 Å². The van der Waals surface area contributed by atoms with Gasteiger partial charge in [-0.3, -0.25) is 0 Å². The maximum atomic E-state index is 5.07. The molecule has 1 fully saturated rings. The number of nitrogens with zero attached hydrogens (tertiary/aromatic N) is 3. The molecule has 3 aromatic rings. The first-order chi connectivity index (χ1) is 13.6. The molecule has 5 rings (SSSR count). The fourth-order valence-corrected chi connectivity index (χ4v) is 5.45. The highest BCUT2D eigenvalue weighted by Gasteiger charge is 2.26. The van der Waals surface area contributed by atoms with Crippen LogP contribution in [0.15, 0.2) is 30.3 Å². The third-order valence-electron chi connectivity index (χ3n) is 7.02. The second kappa shape index (κ2) is 6.95. The fourth-order valence-electron chi connectivity index (χ4n) is 5.45. The lowest BCUT2D eigenvalue weighted by atomic mass is 9.95. The zero-order valence-corrected chi connectivity index (χ0v) is 17.5. The molecule has 0 bridgehead atoms. The van der Waals surface area contributed by atoms with Crippen LogP contribution < -0.4 is 4.90 Å². The predicted molar refractivity (Wildman–Crippen MR) is 117 cm³/mol. The van der Waals surface area contributed by atoms with Gasteiger partial charge in [-0.2, -0.15) is 0 Å².